The van der Waals surface area contributed by atoms with Gasteiger partial charge in [-0.3, -0.25) is 0 Å². The summed E-state index contributed by atoms with van der Waals surface area (Å²) in [5.41, 5.74) is 0.543. The van der Waals surface area contributed by atoms with Gasteiger partial charge in [0.05, 0.1) is 11.8 Å². The van der Waals surface area contributed by atoms with E-state index in [-0.39, 0.29) is 11.5 Å². The molecule has 4 nitrogen and oxygen atoms in total. The summed E-state index contributed by atoms with van der Waals surface area (Å²) < 4.78 is 6.22. The first kappa shape index (κ1) is 24.5. The highest BCUT2D eigenvalue weighted by molar-refractivity contribution is 5.94. The molecule has 0 aliphatic heterocycles. The van der Waals surface area contributed by atoms with Crippen LogP contribution in [0, 0.1) is 46.3 Å². The summed E-state index contributed by atoms with van der Waals surface area (Å²) >= 11 is 0. The van der Waals surface area contributed by atoms with Crippen molar-refractivity contribution in [3.8, 4) is 0 Å². The monoisotopic (exact) mass is 447 g/mol. The molecule has 0 unspecified atom stereocenters. The Balaban J connectivity index is 1.59. The van der Waals surface area contributed by atoms with Crippen LogP contribution in [0.4, 0.5) is 0 Å². The van der Waals surface area contributed by atoms with Gasteiger partial charge in [-0.05, 0) is 85.9 Å². The zero-order valence-corrected chi connectivity index (χ0v) is 21.6. The topological polar surface area (TPSA) is 62.0 Å². The molecule has 32 heavy (non-hydrogen) atoms. The van der Waals surface area contributed by atoms with Crippen LogP contribution in [0.15, 0.2) is 5.16 Å². The summed E-state index contributed by atoms with van der Waals surface area (Å²) in [7, 11) is 1.76. The molecule has 4 saturated carbocycles. The van der Waals surface area contributed by atoms with Gasteiger partial charge >= 0.3 is 0 Å². The van der Waals surface area contributed by atoms with Crippen molar-refractivity contribution in [1.29, 1.82) is 0 Å². The molecule has 4 heteroatoms. The normalized spacial score (nSPS) is 48.4. The van der Waals surface area contributed by atoms with E-state index < -0.39 is 5.60 Å². The Morgan fingerprint density at radius 1 is 1.03 bits per heavy atom. The van der Waals surface area contributed by atoms with Crippen LogP contribution in [-0.2, 0) is 4.74 Å². The molecule has 4 fully saturated rings. The van der Waals surface area contributed by atoms with Crippen LogP contribution < -0.4 is 0 Å². The molecular formula is C28H49NO3. The summed E-state index contributed by atoms with van der Waals surface area (Å²) in [4.78, 5) is 0. The van der Waals surface area contributed by atoms with Gasteiger partial charge in [0.2, 0.25) is 0 Å². The highest BCUT2D eigenvalue weighted by atomic mass is 16.5. The molecule has 184 valence electrons. The minimum atomic E-state index is -0.615. The first-order valence-corrected chi connectivity index (χ1v) is 13.6. The van der Waals surface area contributed by atoms with Gasteiger partial charge in [0, 0.05) is 18.9 Å². The van der Waals surface area contributed by atoms with E-state index in [2.05, 4.69) is 39.8 Å². The average Bonchev–Trinajstić information content (AvgIpc) is 3.10. The molecule has 9 atom stereocenters. The van der Waals surface area contributed by atoms with E-state index in [1.165, 1.54) is 44.9 Å². The number of methoxy groups -OCH3 is 1. The fourth-order valence-corrected chi connectivity index (χ4v) is 9.60. The zero-order valence-electron chi connectivity index (χ0n) is 21.6. The Bertz CT molecular complexity index is 707. The number of oxime groups is 1. The maximum absolute atomic E-state index is 10.5. The van der Waals surface area contributed by atoms with E-state index in [1.807, 2.05) is 0 Å². The molecule has 0 heterocycles. The summed E-state index contributed by atoms with van der Waals surface area (Å²) in [5.74, 6) is 4.32. The van der Waals surface area contributed by atoms with E-state index in [9.17, 15) is 10.3 Å². The van der Waals surface area contributed by atoms with E-state index in [1.54, 1.807) is 7.11 Å². The molecule has 0 spiro atoms. The number of fused-ring (bicyclic) bond motifs is 5. The Labute approximate surface area is 196 Å². The second-order valence-electron chi connectivity index (χ2n) is 13.0. The standard InChI is InChI=1S/C28H49NO3/c1-18(2)8-7-9-19(3)22-10-11-23-21-16-25(29-31)28(32-6)17-20(30)12-15-27(28,5)24(21)13-14-26(22,23)4/h18-24,30-31H,7-17H2,1-6H3/b29-25+/t19-,20-,21+,22-,23+,24+,26-,27-,28+/m1/s1. The predicted octanol–water partition coefficient (Wildman–Crippen LogP) is 6.68. The summed E-state index contributed by atoms with van der Waals surface area (Å²) in [6.45, 7) is 12.2. The third-order valence-electron chi connectivity index (χ3n) is 11.3. The number of nitrogens with zero attached hydrogens (tertiary/aromatic N) is 1. The van der Waals surface area contributed by atoms with Crippen LogP contribution in [0.3, 0.4) is 0 Å². The molecule has 4 aliphatic rings. The number of ether oxygens (including phenoxy) is 1. The molecule has 0 radical (unpaired) electrons. The summed E-state index contributed by atoms with van der Waals surface area (Å²) in [6, 6.07) is 0. The van der Waals surface area contributed by atoms with Crippen molar-refractivity contribution in [2.45, 2.75) is 117 Å². The Kier molecular flexibility index (Phi) is 6.80. The second-order valence-corrected chi connectivity index (χ2v) is 13.0. The van der Waals surface area contributed by atoms with Gasteiger partial charge in [0.25, 0.3) is 0 Å². The third kappa shape index (κ3) is 3.58. The van der Waals surface area contributed by atoms with Gasteiger partial charge in [0.1, 0.15) is 5.60 Å². The van der Waals surface area contributed by atoms with E-state index in [0.717, 1.165) is 42.7 Å². The Morgan fingerprint density at radius 2 is 1.78 bits per heavy atom. The van der Waals surface area contributed by atoms with Gasteiger partial charge < -0.3 is 15.1 Å². The number of hydrogen-bond donors (Lipinski definition) is 2. The number of aliphatic hydroxyl groups excluding tert-OH is 1. The van der Waals surface area contributed by atoms with Crippen molar-refractivity contribution in [3.63, 3.8) is 0 Å². The second kappa shape index (κ2) is 8.87. The van der Waals surface area contributed by atoms with Gasteiger partial charge in [-0.1, -0.05) is 59.0 Å². The lowest BCUT2D eigenvalue weighted by molar-refractivity contribution is -0.183. The molecule has 0 aromatic rings. The number of aliphatic hydroxyl groups is 1. The minimum Gasteiger partial charge on any atom is -0.411 e. The van der Waals surface area contributed by atoms with Crippen LogP contribution in [0.1, 0.15) is 105 Å². The van der Waals surface area contributed by atoms with E-state index >= 15 is 0 Å². The quantitative estimate of drug-likeness (QED) is 0.353. The van der Waals surface area contributed by atoms with Crippen molar-refractivity contribution in [2.24, 2.45) is 51.5 Å². The summed E-state index contributed by atoms with van der Waals surface area (Å²) in [5, 5.41) is 24.5. The molecule has 0 amide bonds. The van der Waals surface area contributed by atoms with Crippen LogP contribution in [0.25, 0.3) is 0 Å². The maximum atomic E-state index is 10.5. The molecule has 0 aromatic carbocycles. The lowest BCUT2D eigenvalue weighted by Gasteiger charge is -2.65. The van der Waals surface area contributed by atoms with Crippen molar-refractivity contribution >= 4 is 5.71 Å². The molecule has 2 N–H and O–H groups in total. The molecular weight excluding hydrogens is 398 g/mol. The summed E-state index contributed by atoms with van der Waals surface area (Å²) in [6.07, 6.45) is 12.2. The van der Waals surface area contributed by atoms with Crippen LogP contribution in [0.5, 0.6) is 0 Å². The lowest BCUT2D eigenvalue weighted by atomic mass is 9.42. The smallest absolute Gasteiger partial charge is 0.117 e. The van der Waals surface area contributed by atoms with Crippen LogP contribution in [0.2, 0.25) is 0 Å². The fraction of sp³-hybridized carbons (Fsp3) is 0.964. The molecule has 4 aliphatic carbocycles. The van der Waals surface area contributed by atoms with Gasteiger partial charge in [-0.2, -0.15) is 0 Å². The Morgan fingerprint density at radius 3 is 2.44 bits per heavy atom. The van der Waals surface area contributed by atoms with Crippen LogP contribution >= 0.6 is 0 Å². The number of rotatable bonds is 6. The van der Waals surface area contributed by atoms with Crippen molar-refractivity contribution in [3.05, 3.63) is 0 Å². The highest BCUT2D eigenvalue weighted by Crippen LogP contribution is 2.69. The number of hydrogen-bond acceptors (Lipinski definition) is 4. The first-order valence-electron chi connectivity index (χ1n) is 13.6. The van der Waals surface area contributed by atoms with Crippen molar-refractivity contribution in [2.75, 3.05) is 7.11 Å². The highest BCUT2D eigenvalue weighted by Gasteiger charge is 2.67. The van der Waals surface area contributed by atoms with Gasteiger partial charge in [-0.15, -0.1) is 0 Å². The fourth-order valence-electron chi connectivity index (χ4n) is 9.60. The zero-order chi connectivity index (χ0) is 23.3. The Hall–Kier alpha value is -0.610. The van der Waals surface area contributed by atoms with E-state index in [0.29, 0.717) is 29.6 Å². The molecule has 0 saturated heterocycles. The van der Waals surface area contributed by atoms with Gasteiger partial charge in [-0.25, -0.2) is 0 Å². The van der Waals surface area contributed by atoms with Gasteiger partial charge in [0.15, 0.2) is 0 Å². The predicted molar refractivity (Wildman–Crippen MR) is 130 cm³/mol. The average molecular weight is 448 g/mol. The van der Waals surface area contributed by atoms with Crippen molar-refractivity contribution < 1.29 is 15.1 Å². The minimum absolute atomic E-state index is 0.0617. The van der Waals surface area contributed by atoms with E-state index in [4.69, 9.17) is 4.74 Å². The lowest BCUT2D eigenvalue weighted by Crippen LogP contribution is -2.68. The maximum Gasteiger partial charge on any atom is 0.117 e. The third-order valence-corrected chi connectivity index (χ3v) is 11.3. The van der Waals surface area contributed by atoms with Crippen molar-refractivity contribution in [1.82, 2.24) is 0 Å². The molecule has 0 bridgehead atoms. The molecule has 4 rings (SSSR count). The molecule has 0 aromatic heterocycles. The first-order chi connectivity index (χ1) is 15.1. The largest absolute Gasteiger partial charge is 0.411 e. The SMILES string of the molecule is CO[C@]12C[C@H](O)CC[C@]1(C)[C@H]1CC[C@]3(C)[C@@H]([C@H](C)CCCC(C)C)CC[C@H]3[C@@H]1C/C2=N\O. The van der Waals surface area contributed by atoms with Crippen LogP contribution in [-0.4, -0.2) is 34.8 Å².